The van der Waals surface area contributed by atoms with E-state index in [2.05, 4.69) is 15.9 Å². The number of amides is 2. The van der Waals surface area contributed by atoms with Gasteiger partial charge in [-0.25, -0.2) is 4.39 Å². The van der Waals surface area contributed by atoms with Gasteiger partial charge in [0.05, 0.1) is 25.2 Å². The molecule has 2 aromatic carbocycles. The molecule has 1 aliphatic heterocycles. The summed E-state index contributed by atoms with van der Waals surface area (Å²) in [5, 5.41) is -0.337. The van der Waals surface area contributed by atoms with Gasteiger partial charge in [0.1, 0.15) is 12.4 Å². The Balaban J connectivity index is 1.82. The van der Waals surface area contributed by atoms with E-state index in [0.29, 0.717) is 32.0 Å². The summed E-state index contributed by atoms with van der Waals surface area (Å²) in [4.78, 5) is 26.0. The van der Waals surface area contributed by atoms with Crippen LogP contribution in [0.5, 0.6) is 11.5 Å². The molecule has 6 nitrogen and oxygen atoms in total. The summed E-state index contributed by atoms with van der Waals surface area (Å²) >= 11 is 4.33. The first kappa shape index (κ1) is 22.3. The third-order valence-electron chi connectivity index (χ3n) is 4.30. The lowest BCUT2D eigenvalue weighted by molar-refractivity contribution is -0.123. The Bertz CT molecular complexity index is 997. The van der Waals surface area contributed by atoms with Gasteiger partial charge in [-0.1, -0.05) is 34.1 Å². The first-order valence-electron chi connectivity index (χ1n) is 8.92. The summed E-state index contributed by atoms with van der Waals surface area (Å²) in [5.41, 5.74) is 1.06. The molecule has 0 N–H and O–H groups in total. The molecule has 0 saturated carbocycles. The molecule has 0 atom stereocenters. The van der Waals surface area contributed by atoms with Gasteiger partial charge in [0.25, 0.3) is 11.1 Å². The van der Waals surface area contributed by atoms with Crippen LogP contribution < -0.4 is 9.47 Å². The van der Waals surface area contributed by atoms with Crippen LogP contribution in [0, 0.1) is 5.82 Å². The molecular formula is C21H19BrFNO5S. The van der Waals surface area contributed by atoms with Crippen LogP contribution in [-0.2, 0) is 16.1 Å². The molecule has 1 saturated heterocycles. The van der Waals surface area contributed by atoms with E-state index in [4.69, 9.17) is 14.2 Å². The van der Waals surface area contributed by atoms with Crippen molar-refractivity contribution in [3.63, 3.8) is 0 Å². The quantitative estimate of drug-likeness (QED) is 0.487. The van der Waals surface area contributed by atoms with Gasteiger partial charge in [-0.15, -0.1) is 0 Å². The molecule has 0 spiro atoms. The van der Waals surface area contributed by atoms with Crippen molar-refractivity contribution >= 4 is 44.9 Å². The van der Waals surface area contributed by atoms with Crippen LogP contribution in [0.15, 0.2) is 45.8 Å². The highest BCUT2D eigenvalue weighted by molar-refractivity contribution is 9.10. The van der Waals surface area contributed by atoms with Crippen molar-refractivity contribution in [2.45, 2.75) is 6.61 Å². The number of hydrogen-bond donors (Lipinski definition) is 0. The zero-order valence-corrected chi connectivity index (χ0v) is 18.7. The lowest BCUT2D eigenvalue weighted by Crippen LogP contribution is -2.31. The molecule has 1 aliphatic rings. The van der Waals surface area contributed by atoms with Crippen molar-refractivity contribution in [1.82, 2.24) is 4.90 Å². The highest BCUT2D eigenvalue weighted by Crippen LogP contribution is 2.38. The molecule has 1 fully saturated rings. The minimum atomic E-state index is -0.368. The molecule has 0 bridgehead atoms. The number of thioether (sulfide) groups is 1. The number of imide groups is 1. The van der Waals surface area contributed by atoms with Crippen LogP contribution in [0.4, 0.5) is 9.18 Å². The lowest BCUT2D eigenvalue weighted by atomic mass is 10.1. The Morgan fingerprint density at radius 2 is 1.93 bits per heavy atom. The Kier molecular flexibility index (Phi) is 7.52. The number of hydrogen-bond acceptors (Lipinski definition) is 6. The molecule has 158 valence electrons. The fourth-order valence-corrected chi connectivity index (χ4v) is 4.01. The number of carbonyl (C=O) groups excluding carboxylic acids is 2. The number of nitrogens with zero attached hydrogens (tertiary/aromatic N) is 1. The number of ether oxygens (including phenoxy) is 3. The Hall–Kier alpha value is -2.36. The topological polar surface area (TPSA) is 65.1 Å². The van der Waals surface area contributed by atoms with E-state index in [9.17, 15) is 14.0 Å². The van der Waals surface area contributed by atoms with Crippen molar-refractivity contribution in [3.8, 4) is 11.5 Å². The van der Waals surface area contributed by atoms with Gasteiger partial charge in [-0.2, -0.15) is 0 Å². The second kappa shape index (κ2) is 10.1. The normalized spacial score (nSPS) is 15.2. The van der Waals surface area contributed by atoms with Crippen molar-refractivity contribution < 1.29 is 28.2 Å². The molecule has 30 heavy (non-hydrogen) atoms. The Morgan fingerprint density at radius 3 is 2.63 bits per heavy atom. The number of methoxy groups -OCH3 is 2. The molecule has 0 aromatic heterocycles. The highest BCUT2D eigenvalue weighted by atomic mass is 79.9. The third-order valence-corrected chi connectivity index (χ3v) is 5.90. The van der Waals surface area contributed by atoms with Gasteiger partial charge in [-0.3, -0.25) is 14.5 Å². The smallest absolute Gasteiger partial charge is 0.293 e. The summed E-state index contributed by atoms with van der Waals surface area (Å²) in [6.07, 6.45) is 1.62. The first-order valence-corrected chi connectivity index (χ1v) is 10.5. The summed E-state index contributed by atoms with van der Waals surface area (Å²) < 4.78 is 30.5. The molecule has 2 amide bonds. The van der Waals surface area contributed by atoms with Gasteiger partial charge >= 0.3 is 0 Å². The molecule has 0 unspecified atom stereocenters. The first-order chi connectivity index (χ1) is 14.4. The Labute approximate surface area is 186 Å². The molecule has 0 radical (unpaired) electrons. The average Bonchev–Trinajstić information content (AvgIpc) is 3.00. The zero-order valence-electron chi connectivity index (χ0n) is 16.3. The van der Waals surface area contributed by atoms with Crippen molar-refractivity contribution in [3.05, 3.63) is 62.7 Å². The van der Waals surface area contributed by atoms with Crippen LogP contribution in [-0.4, -0.2) is 43.4 Å². The van der Waals surface area contributed by atoms with Crippen molar-refractivity contribution in [2.24, 2.45) is 0 Å². The molecule has 2 aromatic rings. The number of carbonyl (C=O) groups is 2. The van der Waals surface area contributed by atoms with Crippen molar-refractivity contribution in [1.29, 1.82) is 0 Å². The van der Waals surface area contributed by atoms with E-state index in [-0.39, 0.29) is 36.7 Å². The number of halogens is 2. The van der Waals surface area contributed by atoms with Gasteiger partial charge < -0.3 is 14.2 Å². The number of benzene rings is 2. The second-order valence-corrected chi connectivity index (χ2v) is 8.08. The van der Waals surface area contributed by atoms with Gasteiger partial charge in [0.15, 0.2) is 11.5 Å². The monoisotopic (exact) mass is 495 g/mol. The number of rotatable bonds is 8. The lowest BCUT2D eigenvalue weighted by Gasteiger charge is -2.13. The summed E-state index contributed by atoms with van der Waals surface area (Å²) in [6.45, 7) is 0.510. The molecule has 0 aliphatic carbocycles. The minimum absolute atomic E-state index is 0.0349. The zero-order chi connectivity index (χ0) is 21.7. The predicted octanol–water partition coefficient (Wildman–Crippen LogP) is 4.86. The van der Waals surface area contributed by atoms with Gasteiger partial charge in [0, 0.05) is 17.1 Å². The van der Waals surface area contributed by atoms with E-state index in [0.717, 1.165) is 16.7 Å². The second-order valence-electron chi connectivity index (χ2n) is 6.23. The van der Waals surface area contributed by atoms with Crippen LogP contribution in [0.2, 0.25) is 0 Å². The maximum atomic E-state index is 13.8. The van der Waals surface area contributed by atoms with E-state index < -0.39 is 0 Å². The van der Waals surface area contributed by atoms with E-state index >= 15 is 0 Å². The summed E-state index contributed by atoms with van der Waals surface area (Å²) in [5.74, 6) is 0.113. The van der Waals surface area contributed by atoms with Gasteiger partial charge in [0.2, 0.25) is 0 Å². The molecule has 9 heteroatoms. The molecular weight excluding hydrogens is 477 g/mol. The summed E-state index contributed by atoms with van der Waals surface area (Å²) in [7, 11) is 3.00. The highest BCUT2D eigenvalue weighted by Gasteiger charge is 2.34. The molecule has 3 rings (SSSR count). The fourth-order valence-electron chi connectivity index (χ4n) is 2.72. The van der Waals surface area contributed by atoms with E-state index in [1.165, 1.54) is 20.3 Å². The average molecular weight is 496 g/mol. The van der Waals surface area contributed by atoms with Crippen molar-refractivity contribution in [2.75, 3.05) is 27.4 Å². The van der Waals surface area contributed by atoms with Crippen LogP contribution in [0.25, 0.3) is 6.08 Å². The van der Waals surface area contributed by atoms with E-state index in [1.54, 1.807) is 36.4 Å². The summed E-state index contributed by atoms with van der Waals surface area (Å²) in [6, 6.07) is 9.73. The third kappa shape index (κ3) is 5.03. The molecule has 1 heterocycles. The SMILES string of the molecule is COCCN1C(=O)S/C(=C/c2cc(OC)c(OCc3ccccc3F)cc2Br)C1=O. The van der Waals surface area contributed by atoms with Crippen LogP contribution in [0.1, 0.15) is 11.1 Å². The predicted molar refractivity (Wildman–Crippen MR) is 116 cm³/mol. The Morgan fingerprint density at radius 1 is 1.17 bits per heavy atom. The maximum absolute atomic E-state index is 13.8. The standard InChI is InChI=1S/C21H19BrFNO5S/c1-27-8-7-24-20(25)19(30-21(24)26)10-14-9-17(28-2)18(11-15(14)22)29-12-13-5-3-4-6-16(13)23/h3-6,9-11H,7-8,12H2,1-2H3/b19-10+. The van der Waals surface area contributed by atoms with Crippen LogP contribution in [0.3, 0.4) is 0 Å². The largest absolute Gasteiger partial charge is 0.493 e. The van der Waals surface area contributed by atoms with Gasteiger partial charge in [-0.05, 0) is 41.6 Å². The maximum Gasteiger partial charge on any atom is 0.293 e. The fraction of sp³-hybridized carbons (Fsp3) is 0.238. The minimum Gasteiger partial charge on any atom is -0.493 e. The van der Waals surface area contributed by atoms with E-state index in [1.807, 2.05) is 0 Å². The van der Waals surface area contributed by atoms with Crippen LogP contribution >= 0.6 is 27.7 Å².